The molecule has 2 heterocycles. The lowest BCUT2D eigenvalue weighted by Crippen LogP contribution is -2.06. The van der Waals surface area contributed by atoms with Crippen LogP contribution in [0.1, 0.15) is 5.69 Å². The van der Waals surface area contributed by atoms with E-state index in [2.05, 4.69) is 4.98 Å². The van der Waals surface area contributed by atoms with Gasteiger partial charge in [-0.2, -0.15) is 0 Å². The van der Waals surface area contributed by atoms with E-state index in [1.54, 1.807) is 0 Å². The Morgan fingerprint density at radius 2 is 1.95 bits per heavy atom. The quantitative estimate of drug-likeness (QED) is 0.906. The Balaban J connectivity index is 2.39. The average molecular weight is 359 g/mol. The molecule has 102 valence electrons. The predicted octanol–water partition coefficient (Wildman–Crippen LogP) is 3.78. The molecular weight excluding hydrogens is 353 g/mol. The maximum atomic E-state index is 12.2. The van der Waals surface area contributed by atoms with Gasteiger partial charge in [-0.05, 0) is 6.07 Å². The van der Waals surface area contributed by atoms with Crippen molar-refractivity contribution in [1.82, 2.24) is 4.98 Å². The van der Waals surface area contributed by atoms with E-state index in [0.717, 1.165) is 11.3 Å². The third kappa shape index (κ3) is 3.32. The molecule has 0 aliphatic carbocycles. The van der Waals surface area contributed by atoms with Gasteiger partial charge in [0.2, 0.25) is 0 Å². The van der Waals surface area contributed by atoms with Crippen molar-refractivity contribution in [3.05, 3.63) is 37.7 Å². The highest BCUT2D eigenvalue weighted by Crippen LogP contribution is 2.36. The number of pyridine rings is 1. The number of aromatic hydroxyl groups is 1. The fraction of sp³-hybridized carbons (Fsp3) is 0.100. The molecule has 2 aromatic heterocycles. The Morgan fingerprint density at radius 3 is 2.47 bits per heavy atom. The standard InChI is InChI=1S/C10H6Cl3NO3S2/c11-5-1-7(15)6(14-3-5)4-19(16,17)8-2-9(12)18-10(8)13/h1-3,15H,4H2. The van der Waals surface area contributed by atoms with E-state index in [9.17, 15) is 13.5 Å². The van der Waals surface area contributed by atoms with E-state index in [-0.39, 0.29) is 30.0 Å². The first-order valence-corrected chi connectivity index (χ1v) is 8.41. The average Bonchev–Trinajstić information content (AvgIpc) is 2.63. The van der Waals surface area contributed by atoms with Gasteiger partial charge in [0.05, 0.1) is 19.9 Å². The zero-order chi connectivity index (χ0) is 14.2. The number of hydrogen-bond donors (Lipinski definition) is 1. The van der Waals surface area contributed by atoms with Crippen LogP contribution in [0.2, 0.25) is 13.7 Å². The lowest BCUT2D eigenvalue weighted by atomic mass is 10.3. The molecule has 0 atom stereocenters. The molecule has 0 saturated carbocycles. The molecule has 0 spiro atoms. The van der Waals surface area contributed by atoms with Gasteiger partial charge >= 0.3 is 0 Å². The summed E-state index contributed by atoms with van der Waals surface area (Å²) in [6.07, 6.45) is 1.26. The molecule has 4 nitrogen and oxygen atoms in total. The molecule has 0 unspecified atom stereocenters. The number of halogens is 3. The van der Waals surface area contributed by atoms with Gasteiger partial charge in [-0.25, -0.2) is 8.42 Å². The molecule has 1 N–H and O–H groups in total. The van der Waals surface area contributed by atoms with E-state index in [4.69, 9.17) is 34.8 Å². The van der Waals surface area contributed by atoms with Gasteiger partial charge in [0.25, 0.3) is 0 Å². The van der Waals surface area contributed by atoms with Crippen molar-refractivity contribution < 1.29 is 13.5 Å². The van der Waals surface area contributed by atoms with Gasteiger partial charge in [-0.15, -0.1) is 11.3 Å². The summed E-state index contributed by atoms with van der Waals surface area (Å²) in [5.41, 5.74) is 0.00258. The molecule has 2 rings (SSSR count). The first-order valence-electron chi connectivity index (χ1n) is 4.80. The Labute approximate surface area is 128 Å². The Kier molecular flexibility index (Phi) is 4.27. The number of rotatable bonds is 3. The predicted molar refractivity (Wildman–Crippen MR) is 76.1 cm³/mol. The molecule has 0 saturated heterocycles. The highest BCUT2D eigenvalue weighted by molar-refractivity contribution is 7.91. The first kappa shape index (κ1) is 14.9. The zero-order valence-electron chi connectivity index (χ0n) is 9.10. The van der Waals surface area contributed by atoms with Crippen LogP contribution in [0.15, 0.2) is 23.2 Å². The SMILES string of the molecule is O=S(=O)(Cc1ncc(Cl)cc1O)c1cc(Cl)sc1Cl. The monoisotopic (exact) mass is 357 g/mol. The van der Waals surface area contributed by atoms with Crippen LogP contribution >= 0.6 is 46.1 Å². The van der Waals surface area contributed by atoms with Gasteiger partial charge in [-0.1, -0.05) is 34.8 Å². The summed E-state index contributed by atoms with van der Waals surface area (Å²) in [5.74, 6) is -0.767. The van der Waals surface area contributed by atoms with Crippen LogP contribution in [0.4, 0.5) is 0 Å². The maximum Gasteiger partial charge on any atom is 0.186 e. The van der Waals surface area contributed by atoms with Crippen LogP contribution in [-0.2, 0) is 15.6 Å². The minimum absolute atomic E-state index is 0.00258. The van der Waals surface area contributed by atoms with Gasteiger partial charge < -0.3 is 5.11 Å². The summed E-state index contributed by atoms with van der Waals surface area (Å²) in [7, 11) is -3.73. The Bertz CT molecular complexity index is 728. The van der Waals surface area contributed by atoms with Gasteiger partial charge in [-0.3, -0.25) is 4.98 Å². The lowest BCUT2D eigenvalue weighted by Gasteiger charge is -2.05. The summed E-state index contributed by atoms with van der Waals surface area (Å²) >= 11 is 18.1. The second kappa shape index (κ2) is 5.46. The van der Waals surface area contributed by atoms with Gasteiger partial charge in [0.1, 0.15) is 15.8 Å². The largest absolute Gasteiger partial charge is 0.506 e. The molecule has 0 radical (unpaired) electrons. The van der Waals surface area contributed by atoms with Crippen LogP contribution in [0, 0.1) is 0 Å². The minimum atomic E-state index is -3.73. The second-order valence-corrected chi connectivity index (χ2v) is 8.25. The first-order chi connectivity index (χ1) is 8.79. The summed E-state index contributed by atoms with van der Waals surface area (Å²) in [6, 6.07) is 2.50. The van der Waals surface area contributed by atoms with E-state index >= 15 is 0 Å². The number of aromatic nitrogens is 1. The van der Waals surface area contributed by atoms with Gasteiger partial charge in [0, 0.05) is 12.3 Å². The molecular formula is C10H6Cl3NO3S2. The maximum absolute atomic E-state index is 12.2. The number of hydrogen-bond acceptors (Lipinski definition) is 5. The van der Waals surface area contributed by atoms with Gasteiger partial charge in [0.15, 0.2) is 9.84 Å². The highest BCUT2D eigenvalue weighted by atomic mass is 35.5. The van der Waals surface area contributed by atoms with E-state index in [1.807, 2.05) is 0 Å². The molecule has 0 bridgehead atoms. The Morgan fingerprint density at radius 1 is 1.26 bits per heavy atom. The van der Waals surface area contributed by atoms with Crippen molar-refractivity contribution in [2.24, 2.45) is 0 Å². The minimum Gasteiger partial charge on any atom is -0.506 e. The lowest BCUT2D eigenvalue weighted by molar-refractivity contribution is 0.466. The fourth-order valence-electron chi connectivity index (χ4n) is 1.36. The summed E-state index contributed by atoms with van der Waals surface area (Å²) in [4.78, 5) is 3.72. The van der Waals surface area contributed by atoms with E-state index in [1.165, 1.54) is 18.3 Å². The van der Waals surface area contributed by atoms with Crippen LogP contribution in [0.5, 0.6) is 5.75 Å². The van der Waals surface area contributed by atoms with Crippen molar-refractivity contribution in [3.63, 3.8) is 0 Å². The van der Waals surface area contributed by atoms with E-state index < -0.39 is 15.6 Å². The van der Waals surface area contributed by atoms with Crippen molar-refractivity contribution >= 4 is 56.0 Å². The Hall–Kier alpha value is -0.530. The summed E-state index contributed by atoms with van der Waals surface area (Å²) < 4.78 is 24.7. The van der Waals surface area contributed by atoms with Crippen LogP contribution in [0.25, 0.3) is 0 Å². The molecule has 0 amide bonds. The van der Waals surface area contributed by atoms with Crippen molar-refractivity contribution in [1.29, 1.82) is 0 Å². The van der Waals surface area contributed by atoms with E-state index in [0.29, 0.717) is 0 Å². The number of thiophene rings is 1. The highest BCUT2D eigenvalue weighted by Gasteiger charge is 2.23. The zero-order valence-corrected chi connectivity index (χ0v) is 13.0. The van der Waals surface area contributed by atoms with Crippen molar-refractivity contribution in [2.75, 3.05) is 0 Å². The van der Waals surface area contributed by atoms with Crippen LogP contribution < -0.4 is 0 Å². The molecule has 0 aliphatic rings. The summed E-state index contributed by atoms with van der Waals surface area (Å²) in [5, 5.41) is 9.83. The third-order valence-corrected chi connectivity index (χ3v) is 5.78. The molecule has 0 aliphatic heterocycles. The normalized spacial score (nSPS) is 11.7. The molecule has 0 aromatic carbocycles. The molecule has 2 aromatic rings. The molecule has 0 fully saturated rings. The third-order valence-electron chi connectivity index (χ3n) is 2.20. The number of sulfone groups is 1. The van der Waals surface area contributed by atoms with Crippen molar-refractivity contribution in [2.45, 2.75) is 10.6 Å². The number of nitrogens with zero attached hydrogens (tertiary/aromatic N) is 1. The summed E-state index contributed by atoms with van der Waals surface area (Å²) in [6.45, 7) is 0. The van der Waals surface area contributed by atoms with Crippen LogP contribution in [0.3, 0.4) is 0 Å². The second-order valence-electron chi connectivity index (χ2n) is 3.57. The van der Waals surface area contributed by atoms with Crippen LogP contribution in [-0.4, -0.2) is 18.5 Å². The molecule has 9 heteroatoms. The smallest absolute Gasteiger partial charge is 0.186 e. The fourth-order valence-corrected chi connectivity index (χ4v) is 5.06. The topological polar surface area (TPSA) is 67.3 Å². The molecule has 19 heavy (non-hydrogen) atoms. The van der Waals surface area contributed by atoms with Crippen molar-refractivity contribution in [3.8, 4) is 5.75 Å².